The lowest BCUT2D eigenvalue weighted by molar-refractivity contribution is -0.148. The molecule has 0 spiro atoms. The predicted octanol–water partition coefficient (Wildman–Crippen LogP) is 2.39. The second-order valence-electron chi connectivity index (χ2n) is 6.45. The third-order valence-electron chi connectivity index (χ3n) is 4.03. The van der Waals surface area contributed by atoms with Gasteiger partial charge in [-0.15, -0.1) is 11.3 Å². The van der Waals surface area contributed by atoms with Crippen molar-refractivity contribution in [1.82, 2.24) is 14.7 Å². The number of aromatic nitrogens is 2. The molecule has 0 bridgehead atoms. The molecule has 0 fully saturated rings. The number of amides is 1. The number of nitrogens with one attached hydrogen (secondary N) is 1. The number of benzene rings is 1. The topological polar surface area (TPSA) is 89.8 Å². The van der Waals surface area contributed by atoms with Gasteiger partial charge in [0, 0.05) is 23.2 Å². The molecule has 146 valence electrons. The van der Waals surface area contributed by atoms with Crippen molar-refractivity contribution < 1.29 is 18.7 Å². The lowest BCUT2D eigenvalue weighted by atomic mass is 10.0. The summed E-state index contributed by atoms with van der Waals surface area (Å²) in [6.45, 7) is 3.34. The van der Waals surface area contributed by atoms with Crippen LogP contribution < -0.4 is 10.9 Å². The zero-order chi connectivity index (χ0) is 20.3. The molecular formula is C19H18FN3O4S. The summed E-state index contributed by atoms with van der Waals surface area (Å²) in [6.07, 6.45) is 1.62. The Kier molecular flexibility index (Phi) is 5.84. The summed E-state index contributed by atoms with van der Waals surface area (Å²) in [5, 5.41) is 4.34. The Bertz CT molecular complexity index is 1060. The fraction of sp³-hybridized carbons (Fsp3) is 0.263. The average molecular weight is 403 g/mol. The number of thiazole rings is 1. The van der Waals surface area contributed by atoms with E-state index in [0.29, 0.717) is 10.7 Å². The molecule has 0 aliphatic heterocycles. The molecule has 2 heterocycles. The number of rotatable bonds is 6. The lowest BCUT2D eigenvalue weighted by Crippen LogP contribution is -2.45. The quantitative estimate of drug-likeness (QED) is 0.639. The minimum absolute atomic E-state index is 0.182. The van der Waals surface area contributed by atoms with Crippen LogP contribution >= 0.6 is 11.3 Å². The molecule has 28 heavy (non-hydrogen) atoms. The fourth-order valence-corrected chi connectivity index (χ4v) is 3.26. The number of ether oxygens (including phenoxy) is 1. The number of nitrogens with zero attached hydrogens (tertiary/aromatic N) is 2. The molecule has 2 aromatic heterocycles. The third kappa shape index (κ3) is 4.42. The Balaban J connectivity index is 1.67. The van der Waals surface area contributed by atoms with E-state index >= 15 is 0 Å². The molecule has 0 saturated heterocycles. The standard InChI is InChI=1S/C19H18FN3O4S/c1-11(2)16(22-17(25)12-3-5-13(20)6-4-12)18(26)27-10-14-9-15(24)23-7-8-28-19(23)21-14/h3-9,11,16H,10H2,1-2H3,(H,22,25)/t16-/m0/s1. The maximum Gasteiger partial charge on any atom is 0.329 e. The van der Waals surface area contributed by atoms with Gasteiger partial charge in [0.2, 0.25) is 0 Å². The molecule has 1 atom stereocenters. The zero-order valence-corrected chi connectivity index (χ0v) is 16.0. The number of fused-ring (bicyclic) bond motifs is 1. The molecule has 1 aromatic carbocycles. The highest BCUT2D eigenvalue weighted by Gasteiger charge is 2.26. The number of carbonyl (C=O) groups is 2. The summed E-state index contributed by atoms with van der Waals surface area (Å²) in [7, 11) is 0. The largest absolute Gasteiger partial charge is 0.458 e. The first-order valence-electron chi connectivity index (χ1n) is 8.54. The SMILES string of the molecule is CC(C)[C@H](NC(=O)c1ccc(F)cc1)C(=O)OCc1cc(=O)n2ccsc2n1. The van der Waals surface area contributed by atoms with E-state index in [1.807, 2.05) is 0 Å². The lowest BCUT2D eigenvalue weighted by Gasteiger charge is -2.20. The van der Waals surface area contributed by atoms with Crippen LogP contribution in [0.1, 0.15) is 29.9 Å². The number of hydrogen-bond donors (Lipinski definition) is 1. The predicted molar refractivity (Wildman–Crippen MR) is 102 cm³/mol. The van der Waals surface area contributed by atoms with Crippen LogP contribution in [0.4, 0.5) is 4.39 Å². The van der Waals surface area contributed by atoms with Crippen LogP contribution in [-0.2, 0) is 16.1 Å². The van der Waals surface area contributed by atoms with Gasteiger partial charge in [-0.2, -0.15) is 0 Å². The molecule has 0 unspecified atom stereocenters. The van der Waals surface area contributed by atoms with Crippen LogP contribution in [0.2, 0.25) is 0 Å². The highest BCUT2D eigenvalue weighted by atomic mass is 32.1. The van der Waals surface area contributed by atoms with Gasteiger partial charge in [-0.25, -0.2) is 14.2 Å². The molecule has 0 aliphatic carbocycles. The molecule has 3 aromatic rings. The van der Waals surface area contributed by atoms with Gasteiger partial charge in [0.1, 0.15) is 18.5 Å². The van der Waals surface area contributed by atoms with Crippen molar-refractivity contribution in [3.8, 4) is 0 Å². The summed E-state index contributed by atoms with van der Waals surface area (Å²) in [4.78, 5) is 41.5. The van der Waals surface area contributed by atoms with E-state index in [9.17, 15) is 18.8 Å². The van der Waals surface area contributed by atoms with E-state index in [2.05, 4.69) is 10.3 Å². The van der Waals surface area contributed by atoms with Crippen molar-refractivity contribution in [2.75, 3.05) is 0 Å². The van der Waals surface area contributed by atoms with Crippen LogP contribution in [0.25, 0.3) is 4.96 Å². The highest BCUT2D eigenvalue weighted by Crippen LogP contribution is 2.10. The van der Waals surface area contributed by atoms with Gasteiger partial charge in [-0.1, -0.05) is 13.8 Å². The Morgan fingerprint density at radius 3 is 2.68 bits per heavy atom. The van der Waals surface area contributed by atoms with Crippen LogP contribution in [0.5, 0.6) is 0 Å². The number of carbonyl (C=O) groups excluding carboxylic acids is 2. The molecule has 0 aliphatic rings. The highest BCUT2D eigenvalue weighted by molar-refractivity contribution is 7.15. The minimum atomic E-state index is -0.899. The van der Waals surface area contributed by atoms with E-state index in [0.717, 1.165) is 0 Å². The third-order valence-corrected chi connectivity index (χ3v) is 4.79. The Hall–Kier alpha value is -3.07. The Morgan fingerprint density at radius 2 is 2.00 bits per heavy atom. The van der Waals surface area contributed by atoms with Crippen molar-refractivity contribution >= 4 is 28.2 Å². The van der Waals surface area contributed by atoms with Gasteiger partial charge >= 0.3 is 5.97 Å². The fourth-order valence-electron chi connectivity index (χ4n) is 2.52. The van der Waals surface area contributed by atoms with Gasteiger partial charge in [-0.05, 0) is 30.2 Å². The Labute approximate surface area is 163 Å². The minimum Gasteiger partial charge on any atom is -0.458 e. The molecule has 0 radical (unpaired) electrons. The van der Waals surface area contributed by atoms with Crippen molar-refractivity contribution in [2.24, 2.45) is 5.92 Å². The van der Waals surface area contributed by atoms with Gasteiger partial charge < -0.3 is 10.1 Å². The Morgan fingerprint density at radius 1 is 1.29 bits per heavy atom. The van der Waals surface area contributed by atoms with Gasteiger partial charge in [0.25, 0.3) is 11.5 Å². The van der Waals surface area contributed by atoms with E-state index < -0.39 is 23.7 Å². The average Bonchev–Trinajstić information content (AvgIpc) is 3.13. The zero-order valence-electron chi connectivity index (χ0n) is 15.2. The van der Waals surface area contributed by atoms with Crippen LogP contribution in [0.3, 0.4) is 0 Å². The van der Waals surface area contributed by atoms with Gasteiger partial charge in [-0.3, -0.25) is 14.0 Å². The first kappa shape index (κ1) is 19.7. The van der Waals surface area contributed by atoms with Crippen molar-refractivity contribution in [2.45, 2.75) is 26.5 Å². The van der Waals surface area contributed by atoms with E-state index in [1.54, 1.807) is 25.4 Å². The molecular weight excluding hydrogens is 385 g/mol. The van der Waals surface area contributed by atoms with Crippen molar-refractivity contribution in [3.63, 3.8) is 0 Å². The molecule has 1 amide bonds. The molecule has 7 nitrogen and oxygen atoms in total. The number of hydrogen-bond acceptors (Lipinski definition) is 6. The maximum atomic E-state index is 13.0. The van der Waals surface area contributed by atoms with Crippen LogP contribution in [0, 0.1) is 11.7 Å². The first-order valence-corrected chi connectivity index (χ1v) is 9.42. The molecule has 0 saturated carbocycles. The van der Waals surface area contributed by atoms with Crippen LogP contribution in [0.15, 0.2) is 46.7 Å². The monoisotopic (exact) mass is 403 g/mol. The number of halogens is 1. The first-order chi connectivity index (χ1) is 13.3. The molecule has 3 rings (SSSR count). The summed E-state index contributed by atoms with van der Waals surface area (Å²) >= 11 is 1.30. The second kappa shape index (κ2) is 8.30. The smallest absolute Gasteiger partial charge is 0.329 e. The second-order valence-corrected chi connectivity index (χ2v) is 7.32. The van der Waals surface area contributed by atoms with Crippen LogP contribution in [-0.4, -0.2) is 27.3 Å². The van der Waals surface area contributed by atoms with E-state index in [-0.39, 0.29) is 23.6 Å². The van der Waals surface area contributed by atoms with Gasteiger partial charge in [0.15, 0.2) is 4.96 Å². The van der Waals surface area contributed by atoms with E-state index in [4.69, 9.17) is 4.74 Å². The summed E-state index contributed by atoms with van der Waals surface area (Å²) in [6, 6.07) is 5.41. The number of esters is 1. The molecule has 9 heteroatoms. The van der Waals surface area contributed by atoms with Crippen molar-refractivity contribution in [3.05, 3.63) is 69.3 Å². The normalized spacial score (nSPS) is 12.1. The maximum absolute atomic E-state index is 13.0. The summed E-state index contributed by atoms with van der Waals surface area (Å²) in [5.74, 6) is -1.84. The summed E-state index contributed by atoms with van der Waals surface area (Å²) < 4.78 is 19.7. The molecule has 1 N–H and O–H groups in total. The van der Waals surface area contributed by atoms with Gasteiger partial charge in [0.05, 0.1) is 5.69 Å². The summed E-state index contributed by atoms with van der Waals surface area (Å²) in [5.41, 5.74) is 0.299. The van der Waals surface area contributed by atoms with E-state index in [1.165, 1.54) is 46.1 Å². The van der Waals surface area contributed by atoms with Crippen molar-refractivity contribution in [1.29, 1.82) is 0 Å².